The third kappa shape index (κ3) is 5.37. The number of nitrogens with one attached hydrogen (secondary N) is 1. The van der Waals surface area contributed by atoms with Crippen LogP contribution in [0.5, 0.6) is 0 Å². The third-order valence-electron chi connectivity index (χ3n) is 2.66. The standard InChI is InChI=1S/C10H19F3N2/c1-2-4-15(8-10(11,12)13)5-3-9-6-14-7-9/h9,14H,2-8H2,1H3. The van der Waals surface area contributed by atoms with E-state index in [4.69, 9.17) is 0 Å². The zero-order chi connectivity index (χ0) is 11.3. The van der Waals surface area contributed by atoms with Crippen molar-refractivity contribution in [3.8, 4) is 0 Å². The van der Waals surface area contributed by atoms with Crippen molar-refractivity contribution in [2.75, 3.05) is 32.7 Å². The summed E-state index contributed by atoms with van der Waals surface area (Å²) < 4.78 is 36.6. The molecular weight excluding hydrogens is 205 g/mol. The average molecular weight is 224 g/mol. The molecule has 5 heteroatoms. The topological polar surface area (TPSA) is 15.3 Å². The highest BCUT2D eigenvalue weighted by Gasteiger charge is 2.30. The van der Waals surface area contributed by atoms with Gasteiger partial charge in [-0.3, -0.25) is 4.90 Å². The number of rotatable bonds is 6. The molecule has 2 nitrogen and oxygen atoms in total. The molecule has 1 saturated heterocycles. The van der Waals surface area contributed by atoms with Crippen molar-refractivity contribution < 1.29 is 13.2 Å². The second-order valence-corrected chi connectivity index (χ2v) is 4.20. The van der Waals surface area contributed by atoms with Gasteiger partial charge >= 0.3 is 6.18 Å². The van der Waals surface area contributed by atoms with E-state index in [0.717, 1.165) is 25.9 Å². The van der Waals surface area contributed by atoms with E-state index < -0.39 is 12.7 Å². The van der Waals surface area contributed by atoms with E-state index in [1.165, 1.54) is 4.90 Å². The summed E-state index contributed by atoms with van der Waals surface area (Å²) in [5.41, 5.74) is 0. The summed E-state index contributed by atoms with van der Waals surface area (Å²) in [4.78, 5) is 1.51. The molecule has 0 saturated carbocycles. The summed E-state index contributed by atoms with van der Waals surface area (Å²) in [5.74, 6) is 0.581. The summed E-state index contributed by atoms with van der Waals surface area (Å²) in [6, 6.07) is 0. The summed E-state index contributed by atoms with van der Waals surface area (Å²) in [6.07, 6.45) is -2.41. The Balaban J connectivity index is 2.22. The fourth-order valence-electron chi connectivity index (χ4n) is 1.76. The molecular formula is C10H19F3N2. The fourth-order valence-corrected chi connectivity index (χ4v) is 1.76. The lowest BCUT2D eigenvalue weighted by atomic mass is 9.99. The van der Waals surface area contributed by atoms with Gasteiger partial charge in [-0.05, 0) is 44.9 Å². The molecule has 1 fully saturated rings. The molecule has 0 aromatic heterocycles. The lowest BCUT2D eigenvalue weighted by Gasteiger charge is -2.30. The summed E-state index contributed by atoms with van der Waals surface area (Å²) in [7, 11) is 0. The van der Waals surface area contributed by atoms with Crippen LogP contribution in [-0.2, 0) is 0 Å². The largest absolute Gasteiger partial charge is 0.401 e. The predicted octanol–water partition coefficient (Wildman–Crippen LogP) is 1.87. The smallest absolute Gasteiger partial charge is 0.316 e. The lowest BCUT2D eigenvalue weighted by Crippen LogP contribution is -2.44. The highest BCUT2D eigenvalue weighted by Crippen LogP contribution is 2.18. The Kier molecular flexibility index (Phi) is 4.86. The molecule has 1 heterocycles. The van der Waals surface area contributed by atoms with Crippen LogP contribution in [0.25, 0.3) is 0 Å². The molecule has 0 radical (unpaired) electrons. The second-order valence-electron chi connectivity index (χ2n) is 4.20. The van der Waals surface area contributed by atoms with Crippen molar-refractivity contribution in [3.63, 3.8) is 0 Å². The van der Waals surface area contributed by atoms with E-state index in [-0.39, 0.29) is 0 Å². The Bertz CT molecular complexity index is 178. The Morgan fingerprint density at radius 1 is 1.27 bits per heavy atom. The summed E-state index contributed by atoms with van der Waals surface area (Å²) in [6.45, 7) is 4.19. The van der Waals surface area contributed by atoms with Crippen LogP contribution in [0.4, 0.5) is 13.2 Å². The number of nitrogens with zero attached hydrogens (tertiary/aromatic N) is 1. The van der Waals surface area contributed by atoms with Gasteiger partial charge in [0.05, 0.1) is 6.54 Å². The van der Waals surface area contributed by atoms with Crippen molar-refractivity contribution in [3.05, 3.63) is 0 Å². The van der Waals surface area contributed by atoms with Gasteiger partial charge in [0.1, 0.15) is 0 Å². The van der Waals surface area contributed by atoms with Crippen LogP contribution < -0.4 is 5.32 Å². The van der Waals surface area contributed by atoms with Crippen molar-refractivity contribution in [2.24, 2.45) is 5.92 Å². The molecule has 1 rings (SSSR count). The van der Waals surface area contributed by atoms with Crippen molar-refractivity contribution in [1.82, 2.24) is 10.2 Å². The lowest BCUT2D eigenvalue weighted by molar-refractivity contribution is -0.146. The molecule has 90 valence electrons. The monoisotopic (exact) mass is 224 g/mol. The quantitative estimate of drug-likeness (QED) is 0.741. The molecule has 0 unspecified atom stereocenters. The van der Waals surface area contributed by atoms with Gasteiger partial charge < -0.3 is 5.32 Å². The van der Waals surface area contributed by atoms with Gasteiger partial charge in [0.15, 0.2) is 0 Å². The van der Waals surface area contributed by atoms with E-state index >= 15 is 0 Å². The first-order valence-electron chi connectivity index (χ1n) is 5.51. The maximum Gasteiger partial charge on any atom is 0.401 e. The Morgan fingerprint density at radius 3 is 2.33 bits per heavy atom. The van der Waals surface area contributed by atoms with Gasteiger partial charge in [0.25, 0.3) is 0 Å². The van der Waals surface area contributed by atoms with Gasteiger partial charge in [-0.25, -0.2) is 0 Å². The molecule has 1 aliphatic rings. The number of hydrogen-bond acceptors (Lipinski definition) is 2. The van der Waals surface area contributed by atoms with Crippen LogP contribution in [0.3, 0.4) is 0 Å². The predicted molar refractivity (Wildman–Crippen MR) is 53.8 cm³/mol. The Hall–Kier alpha value is -0.290. The third-order valence-corrected chi connectivity index (χ3v) is 2.66. The molecule has 15 heavy (non-hydrogen) atoms. The van der Waals surface area contributed by atoms with Gasteiger partial charge in [-0.1, -0.05) is 6.92 Å². The van der Waals surface area contributed by atoms with Gasteiger partial charge in [0, 0.05) is 0 Å². The molecule has 0 amide bonds. The van der Waals surface area contributed by atoms with Crippen molar-refractivity contribution >= 4 is 0 Å². The molecule has 0 aliphatic carbocycles. The van der Waals surface area contributed by atoms with Crippen LogP contribution in [0.2, 0.25) is 0 Å². The van der Waals surface area contributed by atoms with E-state index in [9.17, 15) is 13.2 Å². The summed E-state index contributed by atoms with van der Waals surface area (Å²) >= 11 is 0. The second kappa shape index (κ2) is 5.70. The number of alkyl halides is 3. The Morgan fingerprint density at radius 2 is 1.93 bits per heavy atom. The van der Waals surface area contributed by atoms with Crippen LogP contribution in [0.15, 0.2) is 0 Å². The Labute approximate surface area is 88.8 Å². The molecule has 1 N–H and O–H groups in total. The molecule has 0 bridgehead atoms. The highest BCUT2D eigenvalue weighted by atomic mass is 19.4. The maximum absolute atomic E-state index is 12.2. The van der Waals surface area contributed by atoms with Crippen molar-refractivity contribution in [2.45, 2.75) is 25.9 Å². The van der Waals surface area contributed by atoms with Gasteiger partial charge in [-0.2, -0.15) is 13.2 Å². The van der Waals surface area contributed by atoms with Crippen molar-refractivity contribution in [1.29, 1.82) is 0 Å². The summed E-state index contributed by atoms with van der Waals surface area (Å²) in [5, 5.41) is 3.12. The first-order valence-corrected chi connectivity index (χ1v) is 5.51. The van der Waals surface area contributed by atoms with E-state index in [0.29, 0.717) is 19.0 Å². The highest BCUT2D eigenvalue weighted by molar-refractivity contribution is 4.76. The van der Waals surface area contributed by atoms with E-state index in [2.05, 4.69) is 5.32 Å². The zero-order valence-corrected chi connectivity index (χ0v) is 9.11. The average Bonchev–Trinajstić information content (AvgIpc) is 1.98. The fraction of sp³-hybridized carbons (Fsp3) is 1.00. The normalized spacial score (nSPS) is 18.2. The minimum Gasteiger partial charge on any atom is -0.316 e. The van der Waals surface area contributed by atoms with Crippen LogP contribution in [-0.4, -0.2) is 43.8 Å². The molecule has 0 aromatic rings. The minimum atomic E-state index is -4.06. The first kappa shape index (κ1) is 12.8. The van der Waals surface area contributed by atoms with Crippen LogP contribution in [0, 0.1) is 5.92 Å². The van der Waals surface area contributed by atoms with Gasteiger partial charge in [-0.15, -0.1) is 0 Å². The number of halogens is 3. The van der Waals surface area contributed by atoms with Crippen LogP contribution in [0.1, 0.15) is 19.8 Å². The minimum absolute atomic E-state index is 0.541. The molecule has 0 aromatic carbocycles. The zero-order valence-electron chi connectivity index (χ0n) is 9.11. The maximum atomic E-state index is 12.2. The SMILES string of the molecule is CCCN(CCC1CNC1)CC(F)(F)F. The van der Waals surface area contributed by atoms with E-state index in [1.54, 1.807) is 0 Å². The first-order chi connectivity index (χ1) is 7.01. The van der Waals surface area contributed by atoms with E-state index in [1.807, 2.05) is 6.92 Å². The molecule has 0 spiro atoms. The number of hydrogen-bond donors (Lipinski definition) is 1. The van der Waals surface area contributed by atoms with Crippen LogP contribution >= 0.6 is 0 Å². The molecule has 0 atom stereocenters. The molecule has 1 aliphatic heterocycles. The van der Waals surface area contributed by atoms with Gasteiger partial charge in [0.2, 0.25) is 0 Å².